The molecule has 1 heterocycles. The standard InChI is InChI=1S/C17H20N2O3/c1-4-5-12-10-14(17(21)22)16(20)18-15(12)11-6-8-13(9-7-11)19(2)3/h6-10H,4-5H2,1-3H3,(H,18,20)(H,21,22). The Morgan fingerprint density at radius 2 is 1.86 bits per heavy atom. The molecule has 2 rings (SSSR count). The molecule has 1 aromatic carbocycles. The van der Waals surface area contributed by atoms with Crippen LogP contribution >= 0.6 is 0 Å². The van der Waals surface area contributed by atoms with E-state index in [0.29, 0.717) is 12.1 Å². The van der Waals surface area contributed by atoms with Crippen molar-refractivity contribution in [3.63, 3.8) is 0 Å². The van der Waals surface area contributed by atoms with Crippen LogP contribution in [0.1, 0.15) is 29.3 Å². The molecule has 0 aliphatic carbocycles. The zero-order valence-electron chi connectivity index (χ0n) is 13.0. The van der Waals surface area contributed by atoms with E-state index >= 15 is 0 Å². The highest BCUT2D eigenvalue weighted by Gasteiger charge is 2.14. The van der Waals surface area contributed by atoms with Crippen molar-refractivity contribution in [2.45, 2.75) is 19.8 Å². The van der Waals surface area contributed by atoms with Gasteiger partial charge in [0.05, 0.1) is 5.69 Å². The molecule has 0 unspecified atom stereocenters. The summed E-state index contributed by atoms with van der Waals surface area (Å²) in [6, 6.07) is 9.28. The van der Waals surface area contributed by atoms with Crippen LogP contribution in [0.25, 0.3) is 11.3 Å². The van der Waals surface area contributed by atoms with Gasteiger partial charge in [0, 0.05) is 19.8 Å². The zero-order chi connectivity index (χ0) is 16.3. The summed E-state index contributed by atoms with van der Waals surface area (Å²) >= 11 is 0. The third-order valence-corrected chi connectivity index (χ3v) is 3.54. The van der Waals surface area contributed by atoms with Crippen LogP contribution in [0.15, 0.2) is 35.1 Å². The smallest absolute Gasteiger partial charge is 0.341 e. The highest BCUT2D eigenvalue weighted by molar-refractivity contribution is 5.88. The van der Waals surface area contributed by atoms with E-state index in [-0.39, 0.29) is 5.56 Å². The van der Waals surface area contributed by atoms with Gasteiger partial charge in [-0.3, -0.25) is 4.79 Å². The Hall–Kier alpha value is -2.56. The van der Waals surface area contributed by atoms with Gasteiger partial charge in [0.15, 0.2) is 0 Å². The minimum atomic E-state index is -1.20. The van der Waals surface area contributed by atoms with Crippen molar-refractivity contribution < 1.29 is 9.90 Å². The fourth-order valence-corrected chi connectivity index (χ4v) is 2.38. The fraction of sp³-hybridized carbons (Fsp3) is 0.294. The number of H-pyrrole nitrogens is 1. The summed E-state index contributed by atoms with van der Waals surface area (Å²) < 4.78 is 0. The van der Waals surface area contributed by atoms with Crippen LogP contribution in [0.4, 0.5) is 5.69 Å². The molecule has 0 aliphatic rings. The minimum Gasteiger partial charge on any atom is -0.477 e. The summed E-state index contributed by atoms with van der Waals surface area (Å²) in [6.45, 7) is 2.02. The molecular formula is C17H20N2O3. The van der Waals surface area contributed by atoms with Gasteiger partial charge in [0.1, 0.15) is 5.56 Å². The molecule has 22 heavy (non-hydrogen) atoms. The van der Waals surface area contributed by atoms with E-state index in [4.69, 9.17) is 5.11 Å². The van der Waals surface area contributed by atoms with Crippen molar-refractivity contribution in [2.75, 3.05) is 19.0 Å². The highest BCUT2D eigenvalue weighted by atomic mass is 16.4. The lowest BCUT2D eigenvalue weighted by Crippen LogP contribution is -2.19. The van der Waals surface area contributed by atoms with E-state index in [0.717, 1.165) is 23.2 Å². The number of aryl methyl sites for hydroxylation is 1. The Kier molecular flexibility index (Phi) is 4.65. The van der Waals surface area contributed by atoms with E-state index < -0.39 is 11.5 Å². The fourth-order valence-electron chi connectivity index (χ4n) is 2.38. The first-order valence-electron chi connectivity index (χ1n) is 7.21. The van der Waals surface area contributed by atoms with Crippen molar-refractivity contribution in [1.29, 1.82) is 0 Å². The number of aromatic carboxylic acids is 1. The molecule has 5 heteroatoms. The molecule has 0 fully saturated rings. The second kappa shape index (κ2) is 6.47. The van der Waals surface area contributed by atoms with E-state index in [1.165, 1.54) is 6.07 Å². The third kappa shape index (κ3) is 3.19. The summed E-state index contributed by atoms with van der Waals surface area (Å²) in [7, 11) is 3.92. The molecule has 116 valence electrons. The Morgan fingerprint density at radius 1 is 1.23 bits per heavy atom. The van der Waals surface area contributed by atoms with Gasteiger partial charge in [-0.1, -0.05) is 25.5 Å². The van der Waals surface area contributed by atoms with Gasteiger partial charge < -0.3 is 15.0 Å². The summed E-state index contributed by atoms with van der Waals surface area (Å²) in [5.41, 5.74) is 2.70. The second-order valence-corrected chi connectivity index (χ2v) is 5.41. The third-order valence-electron chi connectivity index (χ3n) is 3.54. The lowest BCUT2D eigenvalue weighted by atomic mass is 10.0. The molecule has 2 N–H and O–H groups in total. The van der Waals surface area contributed by atoms with Gasteiger partial charge in [-0.05, 0) is 35.7 Å². The summed E-state index contributed by atoms with van der Waals surface area (Å²) in [4.78, 5) is 27.8. The quantitative estimate of drug-likeness (QED) is 0.890. The number of carboxylic acids is 1. The van der Waals surface area contributed by atoms with Crippen molar-refractivity contribution in [3.8, 4) is 11.3 Å². The molecule has 0 spiro atoms. The van der Waals surface area contributed by atoms with Gasteiger partial charge in [0.2, 0.25) is 0 Å². The number of aromatic nitrogens is 1. The van der Waals surface area contributed by atoms with Crippen molar-refractivity contribution in [2.24, 2.45) is 0 Å². The molecule has 0 amide bonds. The number of hydrogen-bond donors (Lipinski definition) is 2. The minimum absolute atomic E-state index is 0.211. The Morgan fingerprint density at radius 3 is 2.36 bits per heavy atom. The van der Waals surface area contributed by atoms with Crippen molar-refractivity contribution in [3.05, 3.63) is 51.8 Å². The van der Waals surface area contributed by atoms with Gasteiger partial charge in [-0.2, -0.15) is 0 Å². The number of nitrogens with one attached hydrogen (secondary N) is 1. The number of anilines is 1. The van der Waals surface area contributed by atoms with Gasteiger partial charge in [-0.25, -0.2) is 4.79 Å². The summed E-state index contributed by atoms with van der Waals surface area (Å²) in [5, 5.41) is 9.09. The van der Waals surface area contributed by atoms with Crippen LogP contribution in [0, 0.1) is 0 Å². The average Bonchev–Trinajstić information content (AvgIpc) is 2.48. The maximum Gasteiger partial charge on any atom is 0.341 e. The number of aromatic amines is 1. The molecule has 0 radical (unpaired) electrons. The van der Waals surface area contributed by atoms with E-state index in [1.54, 1.807) is 0 Å². The summed E-state index contributed by atoms with van der Waals surface area (Å²) in [6.07, 6.45) is 1.58. The van der Waals surface area contributed by atoms with Crippen LogP contribution in [0.5, 0.6) is 0 Å². The number of hydrogen-bond acceptors (Lipinski definition) is 3. The Balaban J connectivity index is 2.55. The van der Waals surface area contributed by atoms with Crippen LogP contribution < -0.4 is 10.5 Å². The zero-order valence-corrected chi connectivity index (χ0v) is 13.0. The van der Waals surface area contributed by atoms with Crippen molar-refractivity contribution in [1.82, 2.24) is 4.98 Å². The van der Waals surface area contributed by atoms with Gasteiger partial charge in [0.25, 0.3) is 5.56 Å². The lowest BCUT2D eigenvalue weighted by molar-refractivity contribution is 0.0695. The lowest BCUT2D eigenvalue weighted by Gasteiger charge is -2.14. The number of pyridine rings is 1. The van der Waals surface area contributed by atoms with Crippen LogP contribution in [0.2, 0.25) is 0 Å². The highest BCUT2D eigenvalue weighted by Crippen LogP contribution is 2.24. The molecule has 0 saturated heterocycles. The largest absolute Gasteiger partial charge is 0.477 e. The van der Waals surface area contributed by atoms with E-state index in [2.05, 4.69) is 4.98 Å². The molecule has 0 atom stereocenters. The number of nitrogens with zero attached hydrogens (tertiary/aromatic N) is 1. The molecule has 2 aromatic rings. The predicted molar refractivity (Wildman–Crippen MR) is 87.8 cm³/mol. The van der Waals surface area contributed by atoms with Crippen LogP contribution in [0.3, 0.4) is 0 Å². The maximum atomic E-state index is 11.9. The predicted octanol–water partition coefficient (Wildman–Crippen LogP) is 2.76. The first-order valence-corrected chi connectivity index (χ1v) is 7.21. The molecular weight excluding hydrogens is 280 g/mol. The van der Waals surface area contributed by atoms with E-state index in [9.17, 15) is 9.59 Å². The first-order chi connectivity index (χ1) is 10.4. The number of benzene rings is 1. The normalized spacial score (nSPS) is 10.5. The number of carboxylic acid groups (broad SMARTS) is 1. The average molecular weight is 300 g/mol. The van der Waals surface area contributed by atoms with Gasteiger partial charge >= 0.3 is 5.97 Å². The van der Waals surface area contributed by atoms with Crippen molar-refractivity contribution >= 4 is 11.7 Å². The van der Waals surface area contributed by atoms with Gasteiger partial charge in [-0.15, -0.1) is 0 Å². The number of carbonyl (C=O) groups is 1. The molecule has 1 aromatic heterocycles. The molecule has 0 saturated carbocycles. The molecule has 5 nitrogen and oxygen atoms in total. The Labute approximate surface area is 129 Å². The molecule has 0 bridgehead atoms. The topological polar surface area (TPSA) is 73.4 Å². The Bertz CT molecular complexity index is 731. The monoisotopic (exact) mass is 300 g/mol. The number of rotatable bonds is 5. The summed E-state index contributed by atoms with van der Waals surface area (Å²) in [5.74, 6) is -1.20. The van der Waals surface area contributed by atoms with E-state index in [1.807, 2.05) is 50.2 Å². The second-order valence-electron chi connectivity index (χ2n) is 5.41. The van der Waals surface area contributed by atoms with Crippen LogP contribution in [-0.2, 0) is 6.42 Å². The maximum absolute atomic E-state index is 11.9. The van der Waals surface area contributed by atoms with Crippen LogP contribution in [-0.4, -0.2) is 30.2 Å². The SMILES string of the molecule is CCCc1cc(C(=O)O)c(=O)[nH]c1-c1ccc(N(C)C)cc1. The first kappa shape index (κ1) is 15.8. The molecule has 0 aliphatic heterocycles.